The van der Waals surface area contributed by atoms with Gasteiger partial charge in [-0.2, -0.15) is 0 Å². The number of hydrogen-bond donors (Lipinski definition) is 2. The Morgan fingerprint density at radius 3 is 2.60 bits per heavy atom. The molecular formula is C10H13ClFNO2. The number of rotatable bonds is 3. The number of benzene rings is 1. The molecule has 0 aliphatic carbocycles. The number of hydrogen-bond acceptors (Lipinski definition) is 3. The molecule has 0 heterocycles. The van der Waals surface area contributed by atoms with E-state index < -0.39 is 18.0 Å². The van der Waals surface area contributed by atoms with Crippen LogP contribution in [-0.4, -0.2) is 18.3 Å². The molecule has 2 unspecified atom stereocenters. The molecule has 0 bridgehead atoms. The quantitative estimate of drug-likeness (QED) is 0.838. The normalized spacial score (nSPS) is 14.8. The van der Waals surface area contributed by atoms with Crippen molar-refractivity contribution in [3.63, 3.8) is 0 Å². The first-order chi connectivity index (χ1) is 6.99. The molecule has 0 amide bonds. The molecule has 0 aromatic heterocycles. The highest BCUT2D eigenvalue weighted by Crippen LogP contribution is 2.35. The van der Waals surface area contributed by atoms with E-state index in [4.69, 9.17) is 22.1 Å². The van der Waals surface area contributed by atoms with Crippen molar-refractivity contribution in [1.29, 1.82) is 0 Å². The zero-order chi connectivity index (χ0) is 11.6. The van der Waals surface area contributed by atoms with E-state index >= 15 is 0 Å². The second-order valence-electron chi connectivity index (χ2n) is 3.28. The molecule has 1 aromatic carbocycles. The molecule has 1 rings (SSSR count). The first kappa shape index (κ1) is 12.2. The number of aliphatic hydroxyl groups is 1. The van der Waals surface area contributed by atoms with Gasteiger partial charge in [0, 0.05) is 11.6 Å². The third-order valence-corrected chi connectivity index (χ3v) is 2.42. The number of methoxy groups -OCH3 is 1. The summed E-state index contributed by atoms with van der Waals surface area (Å²) in [6.07, 6.45) is -1.05. The Hall–Kier alpha value is -0.840. The lowest BCUT2D eigenvalue weighted by atomic mass is 10.0. The topological polar surface area (TPSA) is 55.5 Å². The van der Waals surface area contributed by atoms with Crippen molar-refractivity contribution in [3.8, 4) is 5.75 Å². The van der Waals surface area contributed by atoms with E-state index in [1.54, 1.807) is 6.92 Å². The van der Waals surface area contributed by atoms with E-state index in [9.17, 15) is 9.50 Å². The van der Waals surface area contributed by atoms with Gasteiger partial charge in [-0.3, -0.25) is 0 Å². The van der Waals surface area contributed by atoms with E-state index in [2.05, 4.69) is 0 Å². The predicted molar refractivity (Wildman–Crippen MR) is 56.6 cm³/mol. The summed E-state index contributed by atoms with van der Waals surface area (Å²) in [5.41, 5.74) is 5.71. The summed E-state index contributed by atoms with van der Waals surface area (Å²) in [5, 5.41) is 9.99. The highest BCUT2D eigenvalue weighted by Gasteiger charge is 2.23. The Kier molecular flexibility index (Phi) is 3.90. The summed E-state index contributed by atoms with van der Waals surface area (Å²) in [6, 6.07) is 1.98. The molecule has 3 N–H and O–H groups in total. The molecular weight excluding hydrogens is 221 g/mol. The highest BCUT2D eigenvalue weighted by atomic mass is 35.5. The van der Waals surface area contributed by atoms with Crippen molar-refractivity contribution in [2.24, 2.45) is 5.73 Å². The molecule has 0 aliphatic heterocycles. The fourth-order valence-electron chi connectivity index (χ4n) is 1.29. The van der Waals surface area contributed by atoms with E-state index in [1.165, 1.54) is 19.2 Å². The molecule has 0 saturated heterocycles. The minimum absolute atomic E-state index is 0.0627. The van der Waals surface area contributed by atoms with Crippen molar-refractivity contribution < 1.29 is 14.2 Å². The van der Waals surface area contributed by atoms with Crippen molar-refractivity contribution in [3.05, 3.63) is 28.5 Å². The Labute approximate surface area is 92.6 Å². The number of halogens is 2. The minimum Gasteiger partial charge on any atom is -0.493 e. The molecule has 3 nitrogen and oxygen atoms in total. The van der Waals surface area contributed by atoms with Gasteiger partial charge in [0.15, 0.2) is 11.6 Å². The van der Waals surface area contributed by atoms with Crippen LogP contribution in [0.15, 0.2) is 12.1 Å². The van der Waals surface area contributed by atoms with Gasteiger partial charge in [0.25, 0.3) is 0 Å². The Morgan fingerprint density at radius 2 is 2.13 bits per heavy atom. The van der Waals surface area contributed by atoms with Gasteiger partial charge in [0.1, 0.15) is 0 Å². The molecule has 0 fully saturated rings. The largest absolute Gasteiger partial charge is 0.493 e. The molecule has 5 heteroatoms. The maximum atomic E-state index is 13.3. The summed E-state index contributed by atoms with van der Waals surface area (Å²) < 4.78 is 18.2. The summed E-state index contributed by atoms with van der Waals surface area (Å²) in [4.78, 5) is 0. The summed E-state index contributed by atoms with van der Waals surface area (Å²) in [5.74, 6) is -0.635. The van der Waals surface area contributed by atoms with Crippen LogP contribution in [-0.2, 0) is 0 Å². The van der Waals surface area contributed by atoms with Gasteiger partial charge >= 0.3 is 0 Å². The van der Waals surface area contributed by atoms with Crippen LogP contribution in [0.25, 0.3) is 0 Å². The standard InChI is InChI=1S/C10H13ClFNO2/c1-5(13)9(14)8-6(11)3-4-7(12)10(8)15-2/h3-5,9,14H,13H2,1-2H3. The third kappa shape index (κ3) is 2.40. The first-order valence-electron chi connectivity index (χ1n) is 4.44. The first-order valence-corrected chi connectivity index (χ1v) is 4.82. The van der Waals surface area contributed by atoms with Gasteiger partial charge in [-0.05, 0) is 19.1 Å². The lowest BCUT2D eigenvalue weighted by molar-refractivity contribution is 0.148. The van der Waals surface area contributed by atoms with Gasteiger partial charge < -0.3 is 15.6 Å². The predicted octanol–water partition coefficient (Wildman–Crippen LogP) is 1.87. The molecule has 2 atom stereocenters. The van der Waals surface area contributed by atoms with Crippen LogP contribution < -0.4 is 10.5 Å². The smallest absolute Gasteiger partial charge is 0.165 e. The summed E-state index contributed by atoms with van der Waals surface area (Å²) in [6.45, 7) is 1.60. The lowest BCUT2D eigenvalue weighted by Gasteiger charge is -2.19. The van der Waals surface area contributed by atoms with Crippen molar-refractivity contribution in [2.75, 3.05) is 7.11 Å². The number of aliphatic hydroxyl groups excluding tert-OH is 1. The maximum absolute atomic E-state index is 13.3. The van der Waals surface area contributed by atoms with Gasteiger partial charge in [-0.1, -0.05) is 11.6 Å². The van der Waals surface area contributed by atoms with Crippen molar-refractivity contribution in [1.82, 2.24) is 0 Å². The molecule has 0 saturated carbocycles. The van der Waals surface area contributed by atoms with E-state index in [-0.39, 0.29) is 16.3 Å². The Bertz CT molecular complexity index is 358. The van der Waals surface area contributed by atoms with Crippen molar-refractivity contribution >= 4 is 11.6 Å². The van der Waals surface area contributed by atoms with E-state index in [0.29, 0.717) is 0 Å². The second-order valence-corrected chi connectivity index (χ2v) is 3.69. The van der Waals surface area contributed by atoms with Gasteiger partial charge in [-0.15, -0.1) is 0 Å². The zero-order valence-corrected chi connectivity index (χ0v) is 9.25. The van der Waals surface area contributed by atoms with Crippen LogP contribution in [0, 0.1) is 5.82 Å². The van der Waals surface area contributed by atoms with Gasteiger partial charge in [0.05, 0.1) is 18.2 Å². The molecule has 0 radical (unpaired) electrons. The Balaban J connectivity index is 3.30. The second kappa shape index (κ2) is 4.79. The molecule has 84 valence electrons. The van der Waals surface area contributed by atoms with Crippen LogP contribution in [0.2, 0.25) is 5.02 Å². The van der Waals surface area contributed by atoms with E-state index in [0.717, 1.165) is 0 Å². The zero-order valence-electron chi connectivity index (χ0n) is 8.50. The summed E-state index contributed by atoms with van der Waals surface area (Å²) >= 11 is 5.86. The van der Waals surface area contributed by atoms with Crippen molar-refractivity contribution in [2.45, 2.75) is 19.1 Å². The van der Waals surface area contributed by atoms with E-state index in [1.807, 2.05) is 0 Å². The minimum atomic E-state index is -1.05. The maximum Gasteiger partial charge on any atom is 0.165 e. The molecule has 0 spiro atoms. The van der Waals surface area contributed by atoms with Crippen LogP contribution in [0.3, 0.4) is 0 Å². The summed E-state index contributed by atoms with van der Waals surface area (Å²) in [7, 11) is 1.31. The monoisotopic (exact) mass is 233 g/mol. The van der Waals surface area contributed by atoms with Crippen LogP contribution in [0.1, 0.15) is 18.6 Å². The fourth-order valence-corrected chi connectivity index (χ4v) is 1.56. The number of ether oxygens (including phenoxy) is 1. The Morgan fingerprint density at radius 1 is 1.53 bits per heavy atom. The molecule has 1 aromatic rings. The molecule has 15 heavy (non-hydrogen) atoms. The average molecular weight is 234 g/mol. The van der Waals surface area contributed by atoms with Crippen LogP contribution >= 0.6 is 11.6 Å². The third-order valence-electron chi connectivity index (χ3n) is 2.09. The van der Waals surface area contributed by atoms with Gasteiger partial charge in [0.2, 0.25) is 0 Å². The van der Waals surface area contributed by atoms with Crippen LogP contribution in [0.5, 0.6) is 5.75 Å². The highest BCUT2D eigenvalue weighted by molar-refractivity contribution is 6.31. The van der Waals surface area contributed by atoms with Crippen LogP contribution in [0.4, 0.5) is 4.39 Å². The average Bonchev–Trinajstić information content (AvgIpc) is 2.19. The van der Waals surface area contributed by atoms with Gasteiger partial charge in [-0.25, -0.2) is 4.39 Å². The number of nitrogens with two attached hydrogens (primary N) is 1. The molecule has 0 aliphatic rings. The lowest BCUT2D eigenvalue weighted by Crippen LogP contribution is -2.25. The fraction of sp³-hybridized carbons (Fsp3) is 0.400. The SMILES string of the molecule is COc1c(F)ccc(Cl)c1C(O)C(C)N.